The molecular formula is C16H12BrN5O2S. The van der Waals surface area contributed by atoms with Crippen LogP contribution in [0.4, 0.5) is 5.69 Å². The lowest BCUT2D eigenvalue weighted by molar-refractivity contribution is -0.384. The number of hydrogen-bond donors (Lipinski definition) is 0. The van der Waals surface area contributed by atoms with Crippen LogP contribution >= 0.6 is 28.7 Å². The molecule has 0 unspecified atom stereocenters. The molecule has 3 aromatic rings. The topological polar surface area (TPSA) is 86.2 Å². The number of benzene rings is 2. The fourth-order valence-corrected chi connectivity index (χ4v) is 3.25. The van der Waals surface area contributed by atoms with Crippen molar-refractivity contribution >= 4 is 40.1 Å². The highest BCUT2D eigenvalue weighted by Gasteiger charge is 2.21. The van der Waals surface area contributed by atoms with E-state index in [4.69, 9.17) is 0 Å². The summed E-state index contributed by atoms with van der Waals surface area (Å²) >= 11 is 1.54. The number of nitro groups is 1. The van der Waals surface area contributed by atoms with Crippen molar-refractivity contribution in [1.82, 2.24) is 14.9 Å². The average molecular weight is 418 g/mol. The van der Waals surface area contributed by atoms with Gasteiger partial charge in [0.25, 0.3) is 5.69 Å². The predicted octanol–water partition coefficient (Wildman–Crippen LogP) is 3.79. The minimum Gasteiger partial charge on any atom is -0.258 e. The second kappa shape index (κ2) is 7.16. The largest absolute Gasteiger partial charge is 0.269 e. The Hall–Kier alpha value is -2.52. The first-order valence-corrected chi connectivity index (χ1v) is 8.17. The van der Waals surface area contributed by atoms with Gasteiger partial charge in [-0.05, 0) is 17.7 Å². The molecule has 0 saturated heterocycles. The maximum absolute atomic E-state index is 10.8. The number of aromatic nitrogens is 3. The van der Waals surface area contributed by atoms with E-state index in [9.17, 15) is 10.1 Å². The van der Waals surface area contributed by atoms with Gasteiger partial charge in [0.05, 0.1) is 10.6 Å². The van der Waals surface area contributed by atoms with E-state index in [-0.39, 0.29) is 22.7 Å². The Balaban J connectivity index is 0.00000182. The van der Waals surface area contributed by atoms with Gasteiger partial charge in [-0.2, -0.15) is 9.78 Å². The van der Waals surface area contributed by atoms with E-state index in [1.54, 1.807) is 28.6 Å². The third kappa shape index (κ3) is 3.33. The Morgan fingerprint density at radius 3 is 2.40 bits per heavy atom. The first-order valence-electron chi connectivity index (χ1n) is 7.19. The van der Waals surface area contributed by atoms with Crippen LogP contribution < -0.4 is 0 Å². The third-order valence-electron chi connectivity index (χ3n) is 3.61. The Kier molecular flexibility index (Phi) is 4.95. The Bertz CT molecular complexity index is 941. The van der Waals surface area contributed by atoms with E-state index in [0.717, 1.165) is 22.0 Å². The van der Waals surface area contributed by atoms with Crippen molar-refractivity contribution in [1.29, 1.82) is 0 Å². The number of non-ortho nitro benzene ring substituents is 1. The molecule has 1 aliphatic heterocycles. The number of hydrogen-bond acceptors (Lipinski definition) is 6. The molecule has 0 aliphatic carbocycles. The van der Waals surface area contributed by atoms with Gasteiger partial charge in [-0.15, -0.1) is 27.2 Å². The maximum Gasteiger partial charge on any atom is 0.269 e. The molecule has 9 heteroatoms. The van der Waals surface area contributed by atoms with Crippen LogP contribution in [0.1, 0.15) is 5.56 Å². The standard InChI is InChI=1S/C16H11N5O2S.BrH/c22-21(23)13-8-6-11(7-9-13)14-10-24-16-18-17-15(20(16)19-14)12-4-2-1-3-5-12;/h1-9H,10H2;1H. The van der Waals surface area contributed by atoms with Crippen molar-refractivity contribution in [2.75, 3.05) is 5.75 Å². The van der Waals surface area contributed by atoms with Gasteiger partial charge in [-0.3, -0.25) is 10.1 Å². The van der Waals surface area contributed by atoms with Crippen molar-refractivity contribution in [2.24, 2.45) is 5.10 Å². The lowest BCUT2D eigenvalue weighted by Crippen LogP contribution is -2.13. The highest BCUT2D eigenvalue weighted by Crippen LogP contribution is 2.28. The number of halogens is 1. The average Bonchev–Trinajstić information content (AvgIpc) is 3.05. The van der Waals surface area contributed by atoms with E-state index >= 15 is 0 Å². The van der Waals surface area contributed by atoms with Crippen molar-refractivity contribution in [2.45, 2.75) is 5.16 Å². The quantitative estimate of drug-likeness (QED) is 0.477. The molecule has 1 aromatic heterocycles. The predicted molar refractivity (Wildman–Crippen MR) is 102 cm³/mol. The molecule has 0 fully saturated rings. The van der Waals surface area contributed by atoms with Crippen LogP contribution in [-0.4, -0.2) is 31.3 Å². The Morgan fingerprint density at radius 2 is 1.72 bits per heavy atom. The van der Waals surface area contributed by atoms with Crippen molar-refractivity contribution in [3.8, 4) is 11.4 Å². The van der Waals surface area contributed by atoms with E-state index < -0.39 is 4.92 Å². The first-order chi connectivity index (χ1) is 11.7. The van der Waals surface area contributed by atoms with Crippen LogP contribution in [0.15, 0.2) is 64.9 Å². The minimum atomic E-state index is -0.410. The molecule has 4 rings (SSSR count). The summed E-state index contributed by atoms with van der Waals surface area (Å²) < 4.78 is 1.72. The van der Waals surface area contributed by atoms with Crippen molar-refractivity contribution in [3.63, 3.8) is 0 Å². The number of nitrogens with zero attached hydrogens (tertiary/aromatic N) is 5. The summed E-state index contributed by atoms with van der Waals surface area (Å²) in [6, 6.07) is 16.1. The lowest BCUT2D eigenvalue weighted by atomic mass is 10.1. The molecule has 0 amide bonds. The van der Waals surface area contributed by atoms with Gasteiger partial charge in [0.2, 0.25) is 5.16 Å². The molecule has 0 atom stereocenters. The highest BCUT2D eigenvalue weighted by atomic mass is 79.9. The maximum atomic E-state index is 10.8. The zero-order valence-electron chi connectivity index (χ0n) is 12.8. The zero-order chi connectivity index (χ0) is 16.5. The fourth-order valence-electron chi connectivity index (χ4n) is 2.41. The third-order valence-corrected chi connectivity index (χ3v) is 4.54. The molecule has 0 N–H and O–H groups in total. The first kappa shape index (κ1) is 17.3. The molecule has 126 valence electrons. The number of thioether (sulfide) groups is 1. The van der Waals surface area contributed by atoms with Crippen LogP contribution in [0.5, 0.6) is 0 Å². The van der Waals surface area contributed by atoms with Crippen LogP contribution in [0.25, 0.3) is 11.4 Å². The molecule has 0 spiro atoms. The molecule has 25 heavy (non-hydrogen) atoms. The highest BCUT2D eigenvalue weighted by molar-refractivity contribution is 8.93. The van der Waals surface area contributed by atoms with Gasteiger partial charge in [0.15, 0.2) is 5.82 Å². The molecule has 2 heterocycles. The van der Waals surface area contributed by atoms with Crippen LogP contribution in [0.2, 0.25) is 0 Å². The Labute approximate surface area is 157 Å². The van der Waals surface area contributed by atoms with Gasteiger partial charge >= 0.3 is 0 Å². The van der Waals surface area contributed by atoms with Crippen LogP contribution in [-0.2, 0) is 0 Å². The second-order valence-electron chi connectivity index (χ2n) is 5.12. The van der Waals surface area contributed by atoms with Crippen molar-refractivity contribution < 1.29 is 4.92 Å². The van der Waals surface area contributed by atoms with Gasteiger partial charge < -0.3 is 0 Å². The second-order valence-corrected chi connectivity index (χ2v) is 6.07. The number of rotatable bonds is 3. The molecule has 7 nitrogen and oxygen atoms in total. The van der Waals surface area contributed by atoms with Crippen LogP contribution in [0.3, 0.4) is 0 Å². The summed E-state index contributed by atoms with van der Waals surface area (Å²) in [5.41, 5.74) is 2.69. The molecule has 0 radical (unpaired) electrons. The van der Waals surface area contributed by atoms with Gasteiger partial charge in [0.1, 0.15) is 0 Å². The lowest BCUT2D eigenvalue weighted by Gasteiger charge is -2.13. The fraction of sp³-hybridized carbons (Fsp3) is 0.0625. The summed E-state index contributed by atoms with van der Waals surface area (Å²) in [5, 5.41) is 24.6. The molecule has 0 saturated carbocycles. The summed E-state index contributed by atoms with van der Waals surface area (Å²) in [7, 11) is 0. The summed E-state index contributed by atoms with van der Waals surface area (Å²) in [6.07, 6.45) is 0. The number of fused-ring (bicyclic) bond motifs is 1. The van der Waals surface area contributed by atoms with E-state index in [1.807, 2.05) is 30.3 Å². The van der Waals surface area contributed by atoms with Gasteiger partial charge in [0, 0.05) is 23.4 Å². The molecular weight excluding hydrogens is 406 g/mol. The Morgan fingerprint density at radius 1 is 1.00 bits per heavy atom. The SMILES string of the molecule is Br.O=[N+]([O-])c1ccc(C2=Nn3c(nnc3-c3ccccc3)SC2)cc1. The zero-order valence-corrected chi connectivity index (χ0v) is 15.3. The summed E-state index contributed by atoms with van der Waals surface area (Å²) in [4.78, 5) is 10.4. The normalized spacial score (nSPS) is 12.7. The van der Waals surface area contributed by atoms with E-state index in [0.29, 0.717) is 11.6 Å². The molecule has 2 aromatic carbocycles. The van der Waals surface area contributed by atoms with E-state index in [2.05, 4.69) is 15.3 Å². The van der Waals surface area contributed by atoms with Gasteiger partial charge in [-0.1, -0.05) is 42.1 Å². The number of nitro benzene ring substituents is 1. The minimum absolute atomic E-state index is 0. The van der Waals surface area contributed by atoms with Gasteiger partial charge in [-0.25, -0.2) is 0 Å². The molecule has 1 aliphatic rings. The summed E-state index contributed by atoms with van der Waals surface area (Å²) in [6.45, 7) is 0. The smallest absolute Gasteiger partial charge is 0.258 e. The molecule has 0 bridgehead atoms. The van der Waals surface area contributed by atoms with Crippen molar-refractivity contribution in [3.05, 3.63) is 70.3 Å². The summed E-state index contributed by atoms with van der Waals surface area (Å²) in [5.74, 6) is 1.32. The van der Waals surface area contributed by atoms with Crippen LogP contribution in [0, 0.1) is 10.1 Å². The monoisotopic (exact) mass is 417 g/mol. The van der Waals surface area contributed by atoms with E-state index in [1.165, 1.54) is 12.1 Å².